The summed E-state index contributed by atoms with van der Waals surface area (Å²) in [6.07, 6.45) is 2.47. The lowest BCUT2D eigenvalue weighted by Crippen LogP contribution is -2.26. The summed E-state index contributed by atoms with van der Waals surface area (Å²) in [5.41, 5.74) is -1.05. The van der Waals surface area contributed by atoms with Gasteiger partial charge < -0.3 is 15.0 Å². The van der Waals surface area contributed by atoms with Gasteiger partial charge in [-0.25, -0.2) is 13.2 Å². The van der Waals surface area contributed by atoms with Crippen LogP contribution in [0.15, 0.2) is 18.3 Å². The number of ketones is 1. The first-order valence-electron chi connectivity index (χ1n) is 7.84. The predicted molar refractivity (Wildman–Crippen MR) is 86.7 cm³/mol. The SMILES string of the molecule is CC(C)COC(=O)CNc1cc(F)c(N2C=CC(=O)CC2)c(F)c1F. The van der Waals surface area contributed by atoms with E-state index in [9.17, 15) is 22.8 Å². The smallest absolute Gasteiger partial charge is 0.325 e. The minimum Gasteiger partial charge on any atom is -0.464 e. The van der Waals surface area contributed by atoms with E-state index in [1.807, 2.05) is 13.8 Å². The average Bonchev–Trinajstić information content (AvgIpc) is 2.56. The van der Waals surface area contributed by atoms with E-state index in [4.69, 9.17) is 4.74 Å². The van der Waals surface area contributed by atoms with Gasteiger partial charge in [-0.1, -0.05) is 13.8 Å². The number of anilines is 2. The lowest BCUT2D eigenvalue weighted by Gasteiger charge is -2.24. The molecule has 0 spiro atoms. The molecule has 1 aromatic carbocycles. The molecule has 0 amide bonds. The molecule has 1 heterocycles. The van der Waals surface area contributed by atoms with Crippen molar-refractivity contribution >= 4 is 23.1 Å². The first kappa shape index (κ1) is 18.8. The molecule has 0 bridgehead atoms. The van der Waals surface area contributed by atoms with E-state index in [1.54, 1.807) is 0 Å². The summed E-state index contributed by atoms with van der Waals surface area (Å²) in [6.45, 7) is 3.54. The zero-order chi connectivity index (χ0) is 18.6. The molecule has 1 N–H and O–H groups in total. The zero-order valence-corrected chi connectivity index (χ0v) is 13.9. The molecule has 0 atom stereocenters. The molecule has 0 fully saturated rings. The van der Waals surface area contributed by atoms with E-state index in [2.05, 4.69) is 5.32 Å². The number of rotatable bonds is 6. The highest BCUT2D eigenvalue weighted by Gasteiger charge is 2.24. The van der Waals surface area contributed by atoms with Crippen LogP contribution in [0.2, 0.25) is 0 Å². The number of esters is 1. The Labute approximate surface area is 143 Å². The topological polar surface area (TPSA) is 58.6 Å². The van der Waals surface area contributed by atoms with Crippen molar-refractivity contribution < 1.29 is 27.5 Å². The monoisotopic (exact) mass is 356 g/mol. The number of carbonyl (C=O) groups is 2. The molecule has 8 heteroatoms. The highest BCUT2D eigenvalue weighted by Crippen LogP contribution is 2.31. The quantitative estimate of drug-likeness (QED) is 0.627. The number of nitrogens with zero attached hydrogens (tertiary/aromatic N) is 1. The average molecular weight is 356 g/mol. The van der Waals surface area contributed by atoms with Crippen molar-refractivity contribution in [3.8, 4) is 0 Å². The van der Waals surface area contributed by atoms with E-state index in [0.717, 1.165) is 11.0 Å². The van der Waals surface area contributed by atoms with Crippen molar-refractivity contribution in [1.82, 2.24) is 0 Å². The molecule has 0 radical (unpaired) electrons. The highest BCUT2D eigenvalue weighted by atomic mass is 19.2. The van der Waals surface area contributed by atoms with Gasteiger partial charge in [0.05, 0.1) is 12.3 Å². The fourth-order valence-corrected chi connectivity index (χ4v) is 2.20. The van der Waals surface area contributed by atoms with Crippen molar-refractivity contribution in [2.24, 2.45) is 5.92 Å². The fourth-order valence-electron chi connectivity index (χ4n) is 2.20. The Morgan fingerprint density at radius 1 is 1.32 bits per heavy atom. The van der Waals surface area contributed by atoms with E-state index in [1.165, 1.54) is 12.3 Å². The zero-order valence-electron chi connectivity index (χ0n) is 13.9. The fraction of sp³-hybridized carbons (Fsp3) is 0.412. The van der Waals surface area contributed by atoms with Gasteiger partial charge in [-0.2, -0.15) is 0 Å². The molecule has 25 heavy (non-hydrogen) atoms. The van der Waals surface area contributed by atoms with Gasteiger partial charge in [0, 0.05) is 25.2 Å². The van der Waals surface area contributed by atoms with Crippen LogP contribution in [0.4, 0.5) is 24.5 Å². The summed E-state index contributed by atoms with van der Waals surface area (Å²) in [7, 11) is 0. The molecule has 0 saturated carbocycles. The minimum atomic E-state index is -1.39. The molecule has 1 aliphatic heterocycles. The van der Waals surface area contributed by atoms with Crippen molar-refractivity contribution in [1.29, 1.82) is 0 Å². The van der Waals surface area contributed by atoms with Gasteiger partial charge in [-0.05, 0) is 12.0 Å². The molecule has 1 aromatic rings. The van der Waals surface area contributed by atoms with Gasteiger partial charge >= 0.3 is 5.97 Å². The van der Waals surface area contributed by atoms with Gasteiger partial charge in [0.2, 0.25) is 0 Å². The van der Waals surface area contributed by atoms with Crippen molar-refractivity contribution in [2.75, 3.05) is 29.9 Å². The van der Waals surface area contributed by atoms with E-state index in [-0.39, 0.29) is 31.3 Å². The van der Waals surface area contributed by atoms with Crippen molar-refractivity contribution in [3.63, 3.8) is 0 Å². The third kappa shape index (κ3) is 4.74. The molecule has 0 aliphatic carbocycles. The molecule has 0 saturated heterocycles. The minimum absolute atomic E-state index is 0.0525. The molecular formula is C17H19F3N2O3. The van der Waals surface area contributed by atoms with E-state index >= 15 is 0 Å². The number of allylic oxidation sites excluding steroid dienone is 1. The Bertz CT molecular complexity index is 705. The van der Waals surface area contributed by atoms with Gasteiger partial charge in [0.1, 0.15) is 12.2 Å². The van der Waals surface area contributed by atoms with Gasteiger partial charge in [0.25, 0.3) is 0 Å². The van der Waals surface area contributed by atoms with Crippen LogP contribution < -0.4 is 10.2 Å². The van der Waals surface area contributed by atoms with Crippen molar-refractivity contribution in [2.45, 2.75) is 20.3 Å². The van der Waals surface area contributed by atoms with Gasteiger partial charge in [-0.15, -0.1) is 0 Å². The number of halogens is 3. The lowest BCUT2D eigenvalue weighted by atomic mass is 10.1. The Balaban J connectivity index is 2.13. The van der Waals surface area contributed by atoms with Crippen LogP contribution in [0.3, 0.4) is 0 Å². The summed E-state index contributed by atoms with van der Waals surface area (Å²) in [4.78, 5) is 23.8. The van der Waals surface area contributed by atoms with Crippen LogP contribution in [-0.4, -0.2) is 31.4 Å². The second-order valence-corrected chi connectivity index (χ2v) is 6.04. The predicted octanol–water partition coefficient (Wildman–Crippen LogP) is 3.01. The van der Waals surface area contributed by atoms with E-state index < -0.39 is 41.3 Å². The Morgan fingerprint density at radius 2 is 2.04 bits per heavy atom. The first-order chi connectivity index (χ1) is 11.8. The summed E-state index contributed by atoms with van der Waals surface area (Å²) in [5.74, 6) is -4.39. The Morgan fingerprint density at radius 3 is 2.64 bits per heavy atom. The van der Waals surface area contributed by atoms with Gasteiger partial charge in [0.15, 0.2) is 23.2 Å². The number of hydrogen-bond donors (Lipinski definition) is 1. The second kappa shape index (κ2) is 8.04. The second-order valence-electron chi connectivity index (χ2n) is 6.04. The number of ether oxygens (including phenoxy) is 1. The molecule has 0 unspecified atom stereocenters. The van der Waals surface area contributed by atoms with Gasteiger partial charge in [-0.3, -0.25) is 9.59 Å². The van der Waals surface area contributed by atoms with Crippen LogP contribution in [0.5, 0.6) is 0 Å². The largest absolute Gasteiger partial charge is 0.464 e. The summed E-state index contributed by atoms with van der Waals surface area (Å²) >= 11 is 0. The molecule has 1 aliphatic rings. The number of hydrogen-bond acceptors (Lipinski definition) is 5. The van der Waals surface area contributed by atoms with Crippen LogP contribution >= 0.6 is 0 Å². The normalized spacial score (nSPS) is 14.2. The lowest BCUT2D eigenvalue weighted by molar-refractivity contribution is -0.142. The number of benzene rings is 1. The summed E-state index contributed by atoms with van der Waals surface area (Å²) < 4.78 is 47.5. The van der Waals surface area contributed by atoms with Crippen LogP contribution in [0.1, 0.15) is 20.3 Å². The molecule has 0 aromatic heterocycles. The van der Waals surface area contributed by atoms with Crippen LogP contribution in [0.25, 0.3) is 0 Å². The Kier molecular flexibility index (Phi) is 6.06. The van der Waals surface area contributed by atoms with Crippen LogP contribution in [0, 0.1) is 23.4 Å². The number of nitrogens with one attached hydrogen (secondary N) is 1. The maximum absolute atomic E-state index is 14.3. The third-order valence-corrected chi connectivity index (χ3v) is 3.46. The summed E-state index contributed by atoms with van der Waals surface area (Å²) in [5, 5.41) is 2.34. The van der Waals surface area contributed by atoms with Crippen molar-refractivity contribution in [3.05, 3.63) is 35.8 Å². The molecule has 2 rings (SSSR count). The standard InChI is InChI=1S/C17H19F3N2O3/c1-10(2)9-25-14(24)8-21-13-7-12(18)17(16(20)15(13)19)22-5-3-11(23)4-6-22/h3,5,7,10,21H,4,6,8-9H2,1-2H3. The molecular weight excluding hydrogens is 337 g/mol. The molecule has 5 nitrogen and oxygen atoms in total. The highest BCUT2D eigenvalue weighted by molar-refractivity contribution is 5.91. The maximum Gasteiger partial charge on any atom is 0.325 e. The Hall–Kier alpha value is -2.51. The van der Waals surface area contributed by atoms with Crippen LogP contribution in [-0.2, 0) is 14.3 Å². The molecule has 136 valence electrons. The van der Waals surface area contributed by atoms with E-state index in [0.29, 0.717) is 0 Å². The maximum atomic E-state index is 14.3. The summed E-state index contributed by atoms with van der Waals surface area (Å²) in [6, 6.07) is 0.772. The number of carbonyl (C=O) groups excluding carboxylic acids is 2. The first-order valence-corrected chi connectivity index (χ1v) is 7.84. The third-order valence-electron chi connectivity index (χ3n) is 3.46.